The Kier molecular flexibility index (Phi) is 2.55. The zero-order valence-electron chi connectivity index (χ0n) is 7.41. The molecule has 0 spiro atoms. The maximum absolute atomic E-state index is 13.2. The minimum absolute atomic E-state index is 0.152. The van der Waals surface area contributed by atoms with Crippen LogP contribution in [0.5, 0.6) is 0 Å². The Bertz CT molecular complexity index is 496. The third-order valence-electron chi connectivity index (χ3n) is 1.80. The van der Waals surface area contributed by atoms with Gasteiger partial charge in [-0.3, -0.25) is 4.79 Å². The first-order chi connectivity index (χ1) is 7.18. The van der Waals surface area contributed by atoms with Crippen molar-refractivity contribution in [3.63, 3.8) is 0 Å². The van der Waals surface area contributed by atoms with E-state index in [1.807, 2.05) is 0 Å². The Morgan fingerprint density at radius 3 is 2.80 bits per heavy atom. The zero-order chi connectivity index (χ0) is 10.8. The molecule has 0 unspecified atom stereocenters. The molecule has 2 rings (SSSR count). The molecule has 1 aromatic carbocycles. The highest BCUT2D eigenvalue weighted by atomic mass is 32.1. The Balaban J connectivity index is 2.46. The second kappa shape index (κ2) is 3.86. The molecule has 0 bridgehead atoms. The van der Waals surface area contributed by atoms with Crippen molar-refractivity contribution in [2.75, 3.05) is 0 Å². The fourth-order valence-corrected chi connectivity index (χ4v) is 1.71. The molecule has 0 N–H and O–H groups in total. The SMILES string of the molecule is O=C(c1nccs1)c1cc(F)ccc1F. The van der Waals surface area contributed by atoms with Crippen LogP contribution in [0.3, 0.4) is 0 Å². The zero-order valence-corrected chi connectivity index (χ0v) is 8.22. The van der Waals surface area contributed by atoms with Crippen molar-refractivity contribution < 1.29 is 13.6 Å². The van der Waals surface area contributed by atoms with E-state index in [4.69, 9.17) is 0 Å². The molecule has 0 aliphatic carbocycles. The molecule has 76 valence electrons. The molecule has 5 heteroatoms. The molecule has 0 aliphatic rings. The molecule has 1 heterocycles. The molecule has 2 aromatic rings. The van der Waals surface area contributed by atoms with Crippen LogP contribution in [0.1, 0.15) is 15.4 Å². The quantitative estimate of drug-likeness (QED) is 0.735. The number of nitrogens with zero attached hydrogens (tertiary/aromatic N) is 1. The third-order valence-corrected chi connectivity index (χ3v) is 2.57. The van der Waals surface area contributed by atoms with E-state index in [1.165, 1.54) is 6.20 Å². The van der Waals surface area contributed by atoms with E-state index >= 15 is 0 Å². The van der Waals surface area contributed by atoms with Crippen molar-refractivity contribution >= 4 is 17.1 Å². The third kappa shape index (κ3) is 1.92. The molecule has 15 heavy (non-hydrogen) atoms. The first-order valence-corrected chi connectivity index (χ1v) is 4.95. The number of thiazole rings is 1. The van der Waals surface area contributed by atoms with Crippen LogP contribution in [0.25, 0.3) is 0 Å². The lowest BCUT2D eigenvalue weighted by Gasteiger charge is -1.99. The van der Waals surface area contributed by atoms with Crippen LogP contribution >= 0.6 is 11.3 Å². The highest BCUT2D eigenvalue weighted by Gasteiger charge is 2.16. The number of hydrogen-bond acceptors (Lipinski definition) is 3. The van der Waals surface area contributed by atoms with Crippen LogP contribution in [0.4, 0.5) is 8.78 Å². The van der Waals surface area contributed by atoms with Crippen molar-refractivity contribution in [1.82, 2.24) is 4.98 Å². The van der Waals surface area contributed by atoms with Crippen LogP contribution in [0.15, 0.2) is 29.8 Å². The van der Waals surface area contributed by atoms with Gasteiger partial charge in [0.05, 0.1) is 5.56 Å². The lowest BCUT2D eigenvalue weighted by Crippen LogP contribution is -2.04. The van der Waals surface area contributed by atoms with Gasteiger partial charge in [0.15, 0.2) is 5.01 Å². The molecule has 0 saturated carbocycles. The molecule has 2 nitrogen and oxygen atoms in total. The second-order valence-corrected chi connectivity index (χ2v) is 3.69. The highest BCUT2D eigenvalue weighted by Crippen LogP contribution is 2.16. The van der Waals surface area contributed by atoms with Crippen molar-refractivity contribution in [1.29, 1.82) is 0 Å². The average molecular weight is 225 g/mol. The summed E-state index contributed by atoms with van der Waals surface area (Å²) >= 11 is 1.09. The average Bonchev–Trinajstić information content (AvgIpc) is 2.74. The summed E-state index contributed by atoms with van der Waals surface area (Å²) in [6.45, 7) is 0. The number of hydrogen-bond donors (Lipinski definition) is 0. The molecule has 1 aromatic heterocycles. The summed E-state index contributed by atoms with van der Waals surface area (Å²) in [5.41, 5.74) is -0.287. The van der Waals surface area contributed by atoms with E-state index < -0.39 is 17.4 Å². The predicted molar refractivity (Wildman–Crippen MR) is 51.9 cm³/mol. The standard InChI is InChI=1S/C10H5F2NOS/c11-6-1-2-8(12)7(5-6)9(14)10-13-3-4-15-10/h1-5H. The van der Waals surface area contributed by atoms with E-state index in [0.717, 1.165) is 29.5 Å². The minimum Gasteiger partial charge on any atom is -0.286 e. The molecule has 0 saturated heterocycles. The first kappa shape index (κ1) is 9.92. The normalized spacial score (nSPS) is 10.3. The van der Waals surface area contributed by atoms with Crippen molar-refractivity contribution in [3.05, 3.63) is 52.0 Å². The van der Waals surface area contributed by atoms with Crippen LogP contribution in [-0.2, 0) is 0 Å². The van der Waals surface area contributed by atoms with Crippen LogP contribution in [0.2, 0.25) is 0 Å². The maximum Gasteiger partial charge on any atom is 0.224 e. The van der Waals surface area contributed by atoms with E-state index in [1.54, 1.807) is 5.38 Å². The molecule has 0 atom stereocenters. The number of rotatable bonds is 2. The van der Waals surface area contributed by atoms with Gasteiger partial charge in [0, 0.05) is 11.6 Å². The Labute approximate surface area is 88.2 Å². The Morgan fingerprint density at radius 2 is 2.13 bits per heavy atom. The van der Waals surface area contributed by atoms with Gasteiger partial charge < -0.3 is 0 Å². The van der Waals surface area contributed by atoms with Crippen molar-refractivity contribution in [2.24, 2.45) is 0 Å². The van der Waals surface area contributed by atoms with Crippen molar-refractivity contribution in [2.45, 2.75) is 0 Å². The van der Waals surface area contributed by atoms with E-state index in [9.17, 15) is 13.6 Å². The Hall–Kier alpha value is -1.62. The Morgan fingerprint density at radius 1 is 1.33 bits per heavy atom. The van der Waals surface area contributed by atoms with E-state index in [2.05, 4.69) is 4.98 Å². The van der Waals surface area contributed by atoms with Gasteiger partial charge in [-0.25, -0.2) is 13.8 Å². The molecule has 0 fully saturated rings. The van der Waals surface area contributed by atoms with E-state index in [-0.39, 0.29) is 10.6 Å². The molecule has 0 aliphatic heterocycles. The summed E-state index contributed by atoms with van der Waals surface area (Å²) in [6, 6.07) is 2.77. The van der Waals surface area contributed by atoms with Crippen LogP contribution < -0.4 is 0 Å². The van der Waals surface area contributed by atoms with Gasteiger partial charge in [-0.05, 0) is 18.2 Å². The first-order valence-electron chi connectivity index (χ1n) is 4.08. The van der Waals surface area contributed by atoms with Gasteiger partial charge in [-0.2, -0.15) is 0 Å². The lowest BCUT2D eigenvalue weighted by atomic mass is 10.1. The van der Waals surface area contributed by atoms with Gasteiger partial charge in [0.1, 0.15) is 11.6 Å². The summed E-state index contributed by atoms with van der Waals surface area (Å²) < 4.78 is 26.0. The lowest BCUT2D eigenvalue weighted by molar-refractivity contribution is 0.103. The monoisotopic (exact) mass is 225 g/mol. The number of carbonyl (C=O) groups excluding carboxylic acids is 1. The second-order valence-electron chi connectivity index (χ2n) is 2.79. The summed E-state index contributed by atoms with van der Waals surface area (Å²) in [6.07, 6.45) is 1.44. The number of benzene rings is 1. The van der Waals surface area contributed by atoms with Gasteiger partial charge in [-0.1, -0.05) is 0 Å². The van der Waals surface area contributed by atoms with E-state index in [0.29, 0.717) is 0 Å². The fourth-order valence-electron chi connectivity index (χ4n) is 1.12. The topological polar surface area (TPSA) is 30.0 Å². The summed E-state index contributed by atoms with van der Waals surface area (Å²) in [7, 11) is 0. The number of aromatic nitrogens is 1. The van der Waals surface area contributed by atoms with Gasteiger partial charge >= 0.3 is 0 Å². The molecular weight excluding hydrogens is 220 g/mol. The summed E-state index contributed by atoms with van der Waals surface area (Å²) in [5.74, 6) is -1.98. The maximum atomic E-state index is 13.2. The number of halogens is 2. The summed E-state index contributed by atoms with van der Waals surface area (Å²) in [5, 5.41) is 1.75. The van der Waals surface area contributed by atoms with Crippen LogP contribution in [-0.4, -0.2) is 10.8 Å². The minimum atomic E-state index is -0.739. The highest BCUT2D eigenvalue weighted by molar-refractivity contribution is 7.11. The fraction of sp³-hybridized carbons (Fsp3) is 0. The van der Waals surface area contributed by atoms with Gasteiger partial charge in [0.2, 0.25) is 5.78 Å². The summed E-state index contributed by atoms with van der Waals surface area (Å²) in [4.78, 5) is 15.4. The predicted octanol–water partition coefficient (Wildman–Crippen LogP) is 2.65. The molecule has 0 radical (unpaired) electrons. The number of carbonyl (C=O) groups is 1. The number of ketones is 1. The van der Waals surface area contributed by atoms with Crippen molar-refractivity contribution in [3.8, 4) is 0 Å². The molecule has 0 amide bonds. The van der Waals surface area contributed by atoms with Gasteiger partial charge in [0.25, 0.3) is 0 Å². The van der Waals surface area contributed by atoms with Crippen LogP contribution in [0, 0.1) is 11.6 Å². The molecular formula is C10H5F2NOS. The smallest absolute Gasteiger partial charge is 0.224 e. The van der Waals surface area contributed by atoms with Gasteiger partial charge in [-0.15, -0.1) is 11.3 Å². The largest absolute Gasteiger partial charge is 0.286 e.